The lowest BCUT2D eigenvalue weighted by Gasteiger charge is -2.27. The fourth-order valence-electron chi connectivity index (χ4n) is 1.20. The van der Waals surface area contributed by atoms with E-state index in [1.54, 1.807) is 21.3 Å². The summed E-state index contributed by atoms with van der Waals surface area (Å²) in [5.41, 5.74) is 1.00. The van der Waals surface area contributed by atoms with Crippen molar-refractivity contribution in [1.82, 2.24) is 0 Å². The van der Waals surface area contributed by atoms with Gasteiger partial charge in [0.25, 0.3) is 0 Å². The van der Waals surface area contributed by atoms with Gasteiger partial charge in [-0.2, -0.15) is 0 Å². The molecular formula is C10H22O4Si. The Morgan fingerprint density at radius 2 is 1.67 bits per heavy atom. The standard InChI is InChI=1S/C10H22O4Si/c1-9(2)7-14-10(3)8-15(11-4,12-5)13-6/h10H,1,7-8H2,2-6H3. The fraction of sp³-hybridized carbons (Fsp3) is 0.800. The Balaban J connectivity index is 4.10. The van der Waals surface area contributed by atoms with Crippen LogP contribution in [0.15, 0.2) is 12.2 Å². The highest BCUT2D eigenvalue weighted by Crippen LogP contribution is 2.17. The molecule has 0 saturated heterocycles. The van der Waals surface area contributed by atoms with Gasteiger partial charge in [0.2, 0.25) is 0 Å². The molecule has 4 nitrogen and oxygen atoms in total. The first kappa shape index (κ1) is 14.8. The molecule has 90 valence electrons. The van der Waals surface area contributed by atoms with Crippen molar-refractivity contribution in [3.05, 3.63) is 12.2 Å². The summed E-state index contributed by atoms with van der Waals surface area (Å²) in [7, 11) is 2.30. The summed E-state index contributed by atoms with van der Waals surface area (Å²) >= 11 is 0. The first-order valence-corrected chi connectivity index (χ1v) is 6.84. The molecule has 15 heavy (non-hydrogen) atoms. The van der Waals surface area contributed by atoms with Crippen molar-refractivity contribution >= 4 is 8.80 Å². The second-order valence-corrected chi connectivity index (χ2v) is 6.58. The van der Waals surface area contributed by atoms with Gasteiger partial charge in [-0.1, -0.05) is 12.2 Å². The summed E-state index contributed by atoms with van der Waals surface area (Å²) < 4.78 is 21.5. The minimum absolute atomic E-state index is 0.0354. The van der Waals surface area contributed by atoms with Crippen molar-refractivity contribution in [2.45, 2.75) is 26.0 Å². The van der Waals surface area contributed by atoms with E-state index in [0.29, 0.717) is 12.7 Å². The van der Waals surface area contributed by atoms with E-state index in [9.17, 15) is 0 Å². The van der Waals surface area contributed by atoms with Gasteiger partial charge in [-0.25, -0.2) is 0 Å². The van der Waals surface area contributed by atoms with Gasteiger partial charge in [-0.15, -0.1) is 0 Å². The third kappa shape index (κ3) is 5.43. The first-order chi connectivity index (χ1) is 6.99. The van der Waals surface area contributed by atoms with Crippen LogP contribution in [0.2, 0.25) is 6.04 Å². The Hall–Kier alpha value is -0.203. The zero-order valence-electron chi connectivity index (χ0n) is 10.3. The molecule has 0 aromatic heterocycles. The van der Waals surface area contributed by atoms with E-state index in [0.717, 1.165) is 5.57 Å². The molecule has 0 bridgehead atoms. The molecule has 0 amide bonds. The first-order valence-electron chi connectivity index (χ1n) is 4.91. The van der Waals surface area contributed by atoms with Gasteiger partial charge in [0.1, 0.15) is 0 Å². The Morgan fingerprint density at radius 1 is 1.20 bits per heavy atom. The van der Waals surface area contributed by atoms with E-state index in [1.807, 2.05) is 13.8 Å². The largest absolute Gasteiger partial charge is 0.502 e. The zero-order valence-corrected chi connectivity index (χ0v) is 11.3. The second-order valence-electron chi connectivity index (χ2n) is 3.58. The van der Waals surface area contributed by atoms with Gasteiger partial charge in [-0.3, -0.25) is 0 Å². The predicted octanol–water partition coefficient (Wildman–Crippen LogP) is 1.85. The highest BCUT2D eigenvalue weighted by Gasteiger charge is 2.39. The highest BCUT2D eigenvalue weighted by molar-refractivity contribution is 6.60. The van der Waals surface area contributed by atoms with E-state index >= 15 is 0 Å². The molecule has 0 heterocycles. The van der Waals surface area contributed by atoms with E-state index < -0.39 is 8.80 Å². The molecule has 0 aliphatic heterocycles. The highest BCUT2D eigenvalue weighted by atomic mass is 28.4. The molecule has 0 aromatic rings. The van der Waals surface area contributed by atoms with Gasteiger partial charge >= 0.3 is 8.80 Å². The van der Waals surface area contributed by atoms with Gasteiger partial charge < -0.3 is 18.0 Å². The maximum Gasteiger partial charge on any atom is 0.502 e. The fourth-order valence-corrected chi connectivity index (χ4v) is 3.02. The van der Waals surface area contributed by atoms with E-state index in [2.05, 4.69) is 6.58 Å². The van der Waals surface area contributed by atoms with Crippen molar-refractivity contribution in [3.63, 3.8) is 0 Å². The minimum atomic E-state index is -2.51. The Morgan fingerprint density at radius 3 is 2.00 bits per heavy atom. The maximum atomic E-state index is 5.56. The minimum Gasteiger partial charge on any atom is -0.377 e. The molecule has 0 spiro atoms. The van der Waals surface area contributed by atoms with Crippen molar-refractivity contribution in [2.75, 3.05) is 27.9 Å². The number of hydrogen-bond acceptors (Lipinski definition) is 4. The van der Waals surface area contributed by atoms with Crippen molar-refractivity contribution in [2.24, 2.45) is 0 Å². The maximum absolute atomic E-state index is 5.56. The Labute approximate surface area is 93.5 Å². The number of ether oxygens (including phenoxy) is 1. The molecule has 5 heteroatoms. The van der Waals surface area contributed by atoms with Gasteiger partial charge in [0, 0.05) is 27.4 Å². The van der Waals surface area contributed by atoms with Crippen LogP contribution in [0, 0.1) is 0 Å². The number of rotatable bonds is 8. The van der Waals surface area contributed by atoms with Crippen LogP contribution in [0.1, 0.15) is 13.8 Å². The van der Waals surface area contributed by atoms with Crippen LogP contribution < -0.4 is 0 Å². The van der Waals surface area contributed by atoms with Crippen LogP contribution in [0.25, 0.3) is 0 Å². The van der Waals surface area contributed by atoms with Gasteiger partial charge in [-0.05, 0) is 13.8 Å². The third-order valence-corrected chi connectivity index (χ3v) is 5.03. The molecular weight excluding hydrogens is 212 g/mol. The van der Waals surface area contributed by atoms with Crippen LogP contribution in [0.4, 0.5) is 0 Å². The van der Waals surface area contributed by atoms with Crippen LogP contribution in [-0.2, 0) is 18.0 Å². The van der Waals surface area contributed by atoms with Crippen molar-refractivity contribution in [3.8, 4) is 0 Å². The molecule has 0 aromatic carbocycles. The molecule has 0 fully saturated rings. The summed E-state index contributed by atoms with van der Waals surface area (Å²) in [6.45, 7) is 8.24. The van der Waals surface area contributed by atoms with Crippen molar-refractivity contribution < 1.29 is 18.0 Å². The quantitative estimate of drug-likeness (QED) is 0.474. The molecule has 1 unspecified atom stereocenters. The average molecular weight is 234 g/mol. The summed E-state index contributed by atoms with van der Waals surface area (Å²) in [4.78, 5) is 0. The molecule has 0 aliphatic rings. The molecule has 0 N–H and O–H groups in total. The normalized spacial score (nSPS) is 13.9. The van der Waals surface area contributed by atoms with Gasteiger partial charge in [0.05, 0.1) is 12.7 Å². The van der Waals surface area contributed by atoms with E-state index in [-0.39, 0.29) is 6.10 Å². The molecule has 0 aliphatic carbocycles. The van der Waals surface area contributed by atoms with Crippen LogP contribution >= 0.6 is 0 Å². The Kier molecular flexibility index (Phi) is 7.04. The lowest BCUT2D eigenvalue weighted by Crippen LogP contribution is -2.45. The average Bonchev–Trinajstić information content (AvgIpc) is 2.23. The smallest absolute Gasteiger partial charge is 0.377 e. The SMILES string of the molecule is C=C(C)COC(C)C[Si](OC)(OC)OC. The summed E-state index contributed by atoms with van der Waals surface area (Å²) in [5, 5.41) is 0. The molecule has 1 atom stereocenters. The topological polar surface area (TPSA) is 36.9 Å². The third-order valence-electron chi connectivity index (χ3n) is 2.08. The Bertz CT molecular complexity index is 184. The molecule has 0 saturated carbocycles. The summed E-state index contributed by atoms with van der Waals surface area (Å²) in [6, 6.07) is 0.643. The second kappa shape index (κ2) is 7.13. The van der Waals surface area contributed by atoms with Gasteiger partial charge in [0.15, 0.2) is 0 Å². The monoisotopic (exact) mass is 234 g/mol. The molecule has 0 rings (SSSR count). The summed E-state index contributed by atoms with van der Waals surface area (Å²) in [5.74, 6) is 0. The van der Waals surface area contributed by atoms with Crippen LogP contribution in [0.3, 0.4) is 0 Å². The van der Waals surface area contributed by atoms with Crippen LogP contribution in [0.5, 0.6) is 0 Å². The predicted molar refractivity (Wildman–Crippen MR) is 61.8 cm³/mol. The lowest BCUT2D eigenvalue weighted by atomic mass is 10.4. The summed E-state index contributed by atoms with van der Waals surface area (Å²) in [6.07, 6.45) is 0.0354. The van der Waals surface area contributed by atoms with E-state index in [1.165, 1.54) is 0 Å². The number of hydrogen-bond donors (Lipinski definition) is 0. The van der Waals surface area contributed by atoms with Crippen LogP contribution in [-0.4, -0.2) is 42.8 Å². The van der Waals surface area contributed by atoms with Crippen molar-refractivity contribution in [1.29, 1.82) is 0 Å². The van der Waals surface area contributed by atoms with E-state index in [4.69, 9.17) is 18.0 Å². The zero-order chi connectivity index (χ0) is 11.9. The lowest BCUT2D eigenvalue weighted by molar-refractivity contribution is 0.0631. The molecule has 0 radical (unpaired) electrons.